The van der Waals surface area contributed by atoms with Gasteiger partial charge < -0.3 is 4.74 Å². The van der Waals surface area contributed by atoms with E-state index in [0.717, 1.165) is 19.4 Å². The molecule has 0 aliphatic carbocycles. The Morgan fingerprint density at radius 2 is 2.40 bits per heavy atom. The van der Waals surface area contributed by atoms with Crippen molar-refractivity contribution in [2.24, 2.45) is 0 Å². The van der Waals surface area contributed by atoms with Crippen LogP contribution in [0.25, 0.3) is 0 Å². The summed E-state index contributed by atoms with van der Waals surface area (Å²) in [5, 5.41) is 0. The first kappa shape index (κ1) is 7.25. The van der Waals surface area contributed by atoms with E-state index in [1.54, 1.807) is 4.58 Å². The fourth-order valence-electron chi connectivity index (χ4n) is 1.05. The molecule has 1 aliphatic rings. The lowest BCUT2D eigenvalue weighted by Crippen LogP contribution is -2.25. The highest BCUT2D eigenvalue weighted by atomic mass is 16.5. The summed E-state index contributed by atoms with van der Waals surface area (Å²) < 4.78 is 6.17. The summed E-state index contributed by atoms with van der Waals surface area (Å²) in [5.41, 5.74) is 0. The average Bonchev–Trinajstić information content (AvgIpc) is 2.05. The summed E-state index contributed by atoms with van der Waals surface area (Å²) in [7, 11) is 1.41. The standard InChI is InChI=1S/C7H12NO2/c1-10-7(9)8-5-3-2-4-6-8/h5H,2-4,6H2,1H3/q+1. The molecule has 0 atom stereocenters. The van der Waals surface area contributed by atoms with E-state index in [1.165, 1.54) is 13.5 Å². The Morgan fingerprint density at radius 3 is 2.90 bits per heavy atom. The maximum atomic E-state index is 10.8. The molecule has 3 heteroatoms. The third kappa shape index (κ3) is 1.56. The molecule has 0 bridgehead atoms. The Balaban J connectivity index is 2.53. The third-order valence-electron chi connectivity index (χ3n) is 1.61. The van der Waals surface area contributed by atoms with Gasteiger partial charge in [0, 0.05) is 12.8 Å². The van der Waals surface area contributed by atoms with Gasteiger partial charge in [-0.05, 0) is 6.42 Å². The monoisotopic (exact) mass is 142 g/mol. The van der Waals surface area contributed by atoms with Gasteiger partial charge in [-0.15, -0.1) is 4.58 Å². The van der Waals surface area contributed by atoms with Gasteiger partial charge in [0.1, 0.15) is 0 Å². The van der Waals surface area contributed by atoms with Gasteiger partial charge in [0.2, 0.25) is 0 Å². The highest BCUT2D eigenvalue weighted by molar-refractivity contribution is 5.66. The van der Waals surface area contributed by atoms with E-state index < -0.39 is 0 Å². The van der Waals surface area contributed by atoms with Crippen molar-refractivity contribution in [2.75, 3.05) is 13.7 Å². The van der Waals surface area contributed by atoms with E-state index >= 15 is 0 Å². The second-order valence-corrected chi connectivity index (χ2v) is 2.34. The molecule has 0 N–H and O–H groups in total. The number of amides is 1. The molecular formula is C7H12NO2+. The molecule has 1 aliphatic heterocycles. The van der Waals surface area contributed by atoms with E-state index in [-0.39, 0.29) is 6.09 Å². The van der Waals surface area contributed by atoms with E-state index in [9.17, 15) is 4.79 Å². The molecule has 1 amide bonds. The zero-order valence-electron chi connectivity index (χ0n) is 6.17. The zero-order valence-corrected chi connectivity index (χ0v) is 6.17. The fourth-order valence-corrected chi connectivity index (χ4v) is 1.05. The minimum Gasteiger partial charge on any atom is -0.415 e. The summed E-state index contributed by atoms with van der Waals surface area (Å²) in [5.74, 6) is 0. The van der Waals surface area contributed by atoms with Crippen LogP contribution in [-0.2, 0) is 4.74 Å². The Labute approximate surface area is 60.3 Å². The van der Waals surface area contributed by atoms with E-state index in [4.69, 9.17) is 0 Å². The molecule has 0 aromatic rings. The maximum absolute atomic E-state index is 10.8. The first-order chi connectivity index (χ1) is 4.84. The molecule has 1 rings (SSSR count). The predicted octanol–water partition coefficient (Wildman–Crippen LogP) is 1.02. The molecule has 0 aromatic carbocycles. The summed E-state index contributed by atoms with van der Waals surface area (Å²) in [6, 6.07) is 0. The second-order valence-electron chi connectivity index (χ2n) is 2.34. The number of carbonyl (C=O) groups is 1. The maximum Gasteiger partial charge on any atom is 0.595 e. The van der Waals surface area contributed by atoms with Gasteiger partial charge in [0.05, 0.1) is 7.11 Å². The van der Waals surface area contributed by atoms with Crippen LogP contribution in [0.3, 0.4) is 0 Å². The van der Waals surface area contributed by atoms with E-state index in [2.05, 4.69) is 4.74 Å². The molecule has 1 heterocycles. The molecular weight excluding hydrogens is 130 g/mol. The van der Waals surface area contributed by atoms with Gasteiger partial charge in [0.15, 0.2) is 12.8 Å². The molecule has 3 nitrogen and oxygen atoms in total. The number of ether oxygens (including phenoxy) is 1. The van der Waals surface area contributed by atoms with Crippen molar-refractivity contribution in [3.05, 3.63) is 0 Å². The van der Waals surface area contributed by atoms with Crippen LogP contribution < -0.4 is 0 Å². The molecule has 0 spiro atoms. The molecule has 0 saturated heterocycles. The molecule has 10 heavy (non-hydrogen) atoms. The molecule has 0 unspecified atom stereocenters. The molecule has 0 aromatic heterocycles. The highest BCUT2D eigenvalue weighted by Gasteiger charge is 2.19. The number of rotatable bonds is 0. The lowest BCUT2D eigenvalue weighted by Gasteiger charge is -2.03. The van der Waals surface area contributed by atoms with Crippen molar-refractivity contribution in [3.8, 4) is 0 Å². The molecule has 0 saturated carbocycles. The van der Waals surface area contributed by atoms with Crippen molar-refractivity contribution >= 4 is 12.3 Å². The van der Waals surface area contributed by atoms with Gasteiger partial charge in [0.25, 0.3) is 0 Å². The van der Waals surface area contributed by atoms with Crippen molar-refractivity contribution in [2.45, 2.75) is 19.3 Å². The van der Waals surface area contributed by atoms with E-state index in [1.807, 2.05) is 6.21 Å². The normalized spacial score (nSPS) is 17.9. The average molecular weight is 142 g/mol. The number of nitrogens with zero attached hydrogens (tertiary/aromatic N) is 1. The van der Waals surface area contributed by atoms with E-state index in [0.29, 0.717) is 0 Å². The Hall–Kier alpha value is -0.860. The number of carbonyl (C=O) groups excluding carboxylic acids is 1. The van der Waals surface area contributed by atoms with Crippen LogP contribution in [0.15, 0.2) is 0 Å². The number of hydrogen-bond acceptors (Lipinski definition) is 2. The van der Waals surface area contributed by atoms with Crippen LogP contribution in [0.5, 0.6) is 0 Å². The van der Waals surface area contributed by atoms with Gasteiger partial charge in [-0.3, -0.25) is 0 Å². The Morgan fingerprint density at radius 1 is 1.60 bits per heavy atom. The lowest BCUT2D eigenvalue weighted by atomic mass is 10.2. The Bertz CT molecular complexity index is 163. The zero-order chi connectivity index (χ0) is 7.40. The van der Waals surface area contributed by atoms with Gasteiger partial charge in [-0.25, -0.2) is 0 Å². The summed E-state index contributed by atoms with van der Waals surface area (Å²) >= 11 is 0. The van der Waals surface area contributed by atoms with Crippen molar-refractivity contribution < 1.29 is 14.1 Å². The van der Waals surface area contributed by atoms with Crippen LogP contribution in [0.1, 0.15) is 19.3 Å². The van der Waals surface area contributed by atoms with Gasteiger partial charge in [-0.2, -0.15) is 4.79 Å². The number of methoxy groups -OCH3 is 1. The van der Waals surface area contributed by atoms with Crippen molar-refractivity contribution in [3.63, 3.8) is 0 Å². The third-order valence-corrected chi connectivity index (χ3v) is 1.61. The van der Waals surface area contributed by atoms with Crippen LogP contribution in [0.2, 0.25) is 0 Å². The van der Waals surface area contributed by atoms with Crippen LogP contribution in [0.4, 0.5) is 4.79 Å². The van der Waals surface area contributed by atoms with Crippen LogP contribution in [0, 0.1) is 0 Å². The van der Waals surface area contributed by atoms with Crippen LogP contribution in [-0.4, -0.2) is 30.5 Å². The molecule has 56 valence electrons. The highest BCUT2D eigenvalue weighted by Crippen LogP contribution is 2.00. The minimum atomic E-state index is -0.236. The largest absolute Gasteiger partial charge is 0.595 e. The summed E-state index contributed by atoms with van der Waals surface area (Å²) in [6.07, 6.45) is 4.93. The minimum absolute atomic E-state index is 0.236. The van der Waals surface area contributed by atoms with Crippen molar-refractivity contribution in [1.29, 1.82) is 0 Å². The lowest BCUT2D eigenvalue weighted by molar-refractivity contribution is -0.446. The SMILES string of the molecule is COC(=O)[N+]1=CCCCC1. The van der Waals surface area contributed by atoms with Gasteiger partial charge >= 0.3 is 6.09 Å². The smallest absolute Gasteiger partial charge is 0.415 e. The van der Waals surface area contributed by atoms with Crippen LogP contribution >= 0.6 is 0 Å². The summed E-state index contributed by atoms with van der Waals surface area (Å²) in [6.45, 7) is 0.812. The fraction of sp³-hybridized carbons (Fsp3) is 0.714. The first-order valence-corrected chi connectivity index (χ1v) is 3.52. The summed E-state index contributed by atoms with van der Waals surface area (Å²) in [4.78, 5) is 10.8. The van der Waals surface area contributed by atoms with Crippen molar-refractivity contribution in [1.82, 2.24) is 0 Å². The second kappa shape index (κ2) is 3.34. The number of hydrogen-bond donors (Lipinski definition) is 0. The molecule has 0 fully saturated rings. The first-order valence-electron chi connectivity index (χ1n) is 3.52. The topological polar surface area (TPSA) is 29.3 Å². The quantitative estimate of drug-likeness (QED) is 0.472. The Kier molecular flexibility index (Phi) is 2.42. The predicted molar refractivity (Wildman–Crippen MR) is 37.4 cm³/mol. The van der Waals surface area contributed by atoms with Gasteiger partial charge in [-0.1, -0.05) is 0 Å². The molecule has 0 radical (unpaired) electrons.